The van der Waals surface area contributed by atoms with Crippen molar-refractivity contribution in [1.29, 1.82) is 0 Å². The van der Waals surface area contributed by atoms with Gasteiger partial charge in [0.05, 0.1) is 5.69 Å². The molecular formula is C13H14FNO. The lowest BCUT2D eigenvalue weighted by atomic mass is 10.2. The lowest BCUT2D eigenvalue weighted by Gasteiger charge is -2.04. The van der Waals surface area contributed by atoms with E-state index in [0.717, 1.165) is 5.56 Å². The van der Waals surface area contributed by atoms with Gasteiger partial charge in [0, 0.05) is 6.08 Å². The standard InChI is InChI=1S/C13H14FNO/c1-3-4-5-6-13(16)15-12-8-7-10(2)9-11(12)14/h3-9H,1-2H3,(H,15,16)/b4-3+,6-5+. The summed E-state index contributed by atoms with van der Waals surface area (Å²) >= 11 is 0. The molecule has 0 heterocycles. The summed E-state index contributed by atoms with van der Waals surface area (Å²) < 4.78 is 13.3. The highest BCUT2D eigenvalue weighted by molar-refractivity contribution is 5.99. The molecule has 3 heteroatoms. The van der Waals surface area contributed by atoms with Crippen molar-refractivity contribution in [2.45, 2.75) is 13.8 Å². The second-order valence-corrected chi connectivity index (χ2v) is 3.36. The van der Waals surface area contributed by atoms with Gasteiger partial charge in [0.15, 0.2) is 0 Å². The van der Waals surface area contributed by atoms with E-state index in [0.29, 0.717) is 0 Å². The van der Waals surface area contributed by atoms with Crippen LogP contribution in [0.4, 0.5) is 10.1 Å². The van der Waals surface area contributed by atoms with Crippen molar-refractivity contribution in [3.63, 3.8) is 0 Å². The van der Waals surface area contributed by atoms with E-state index in [-0.39, 0.29) is 11.6 Å². The fourth-order valence-corrected chi connectivity index (χ4v) is 1.15. The Bertz CT molecular complexity index is 436. The van der Waals surface area contributed by atoms with Gasteiger partial charge in [-0.1, -0.05) is 24.3 Å². The maximum absolute atomic E-state index is 13.3. The first-order valence-electron chi connectivity index (χ1n) is 5.00. The van der Waals surface area contributed by atoms with Crippen molar-refractivity contribution < 1.29 is 9.18 Å². The molecule has 0 saturated heterocycles. The van der Waals surface area contributed by atoms with Gasteiger partial charge in [-0.25, -0.2) is 4.39 Å². The van der Waals surface area contributed by atoms with E-state index in [2.05, 4.69) is 5.32 Å². The predicted molar refractivity (Wildman–Crippen MR) is 63.7 cm³/mol. The molecule has 1 aromatic rings. The number of benzene rings is 1. The number of allylic oxidation sites excluding steroid dienone is 3. The summed E-state index contributed by atoms with van der Waals surface area (Å²) in [5.74, 6) is -0.770. The second kappa shape index (κ2) is 5.85. The van der Waals surface area contributed by atoms with Gasteiger partial charge in [0.2, 0.25) is 5.91 Å². The van der Waals surface area contributed by atoms with Gasteiger partial charge in [-0.15, -0.1) is 0 Å². The number of hydrogen-bond acceptors (Lipinski definition) is 1. The number of carbonyl (C=O) groups excluding carboxylic acids is 1. The van der Waals surface area contributed by atoms with Crippen molar-refractivity contribution in [3.05, 3.63) is 53.9 Å². The van der Waals surface area contributed by atoms with Crippen LogP contribution in [0.5, 0.6) is 0 Å². The minimum Gasteiger partial charge on any atom is -0.320 e. The smallest absolute Gasteiger partial charge is 0.248 e. The summed E-state index contributed by atoms with van der Waals surface area (Å²) in [7, 11) is 0. The molecule has 2 nitrogen and oxygen atoms in total. The zero-order chi connectivity index (χ0) is 12.0. The van der Waals surface area contributed by atoms with Crippen LogP contribution in [0.2, 0.25) is 0 Å². The minimum atomic E-state index is -0.423. The first-order valence-corrected chi connectivity index (χ1v) is 5.00. The SMILES string of the molecule is C/C=C/C=C/C(=O)Nc1ccc(C)cc1F. The van der Waals surface area contributed by atoms with Crippen LogP contribution in [0.1, 0.15) is 12.5 Å². The summed E-state index contributed by atoms with van der Waals surface area (Å²) in [5.41, 5.74) is 1.01. The third-order valence-corrected chi connectivity index (χ3v) is 1.93. The van der Waals surface area contributed by atoms with Crippen LogP contribution in [0, 0.1) is 12.7 Å². The molecule has 0 atom stereocenters. The zero-order valence-electron chi connectivity index (χ0n) is 9.33. The number of anilines is 1. The monoisotopic (exact) mass is 219 g/mol. The molecule has 0 aromatic heterocycles. The van der Waals surface area contributed by atoms with Crippen LogP contribution < -0.4 is 5.32 Å². The fourth-order valence-electron chi connectivity index (χ4n) is 1.15. The van der Waals surface area contributed by atoms with Crippen molar-refractivity contribution >= 4 is 11.6 Å². The maximum atomic E-state index is 13.3. The topological polar surface area (TPSA) is 29.1 Å². The Morgan fingerprint density at radius 1 is 1.38 bits per heavy atom. The summed E-state index contributed by atoms with van der Waals surface area (Å²) in [5, 5.41) is 2.46. The highest BCUT2D eigenvalue weighted by Crippen LogP contribution is 2.14. The molecule has 0 fully saturated rings. The van der Waals surface area contributed by atoms with Gasteiger partial charge in [0.1, 0.15) is 5.82 Å². The largest absolute Gasteiger partial charge is 0.320 e. The molecule has 0 aliphatic heterocycles. The fraction of sp³-hybridized carbons (Fsp3) is 0.154. The molecule has 0 radical (unpaired) electrons. The molecule has 0 spiro atoms. The molecule has 16 heavy (non-hydrogen) atoms. The molecule has 1 aromatic carbocycles. The first-order chi connectivity index (χ1) is 7.63. The quantitative estimate of drug-likeness (QED) is 0.613. The van der Waals surface area contributed by atoms with Gasteiger partial charge < -0.3 is 5.32 Å². The Morgan fingerprint density at radius 2 is 2.12 bits per heavy atom. The molecule has 1 rings (SSSR count). The Morgan fingerprint density at radius 3 is 2.75 bits per heavy atom. The zero-order valence-corrected chi connectivity index (χ0v) is 9.33. The number of rotatable bonds is 3. The number of nitrogens with one attached hydrogen (secondary N) is 1. The number of carbonyl (C=O) groups is 1. The summed E-state index contributed by atoms with van der Waals surface area (Å²) in [4.78, 5) is 11.3. The third-order valence-electron chi connectivity index (χ3n) is 1.93. The van der Waals surface area contributed by atoms with E-state index < -0.39 is 5.82 Å². The molecule has 1 N–H and O–H groups in total. The molecule has 0 bridgehead atoms. The lowest BCUT2D eigenvalue weighted by molar-refractivity contribution is -0.111. The molecular weight excluding hydrogens is 205 g/mol. The molecule has 0 saturated carbocycles. The first kappa shape index (κ1) is 12.2. The van der Waals surface area contributed by atoms with E-state index >= 15 is 0 Å². The van der Waals surface area contributed by atoms with Crippen molar-refractivity contribution in [1.82, 2.24) is 0 Å². The van der Waals surface area contributed by atoms with Crippen molar-refractivity contribution in [2.75, 3.05) is 5.32 Å². The van der Waals surface area contributed by atoms with Gasteiger partial charge >= 0.3 is 0 Å². The normalized spacial score (nSPS) is 11.2. The van der Waals surface area contributed by atoms with Gasteiger partial charge in [-0.3, -0.25) is 4.79 Å². The van der Waals surface area contributed by atoms with E-state index in [4.69, 9.17) is 0 Å². The van der Waals surface area contributed by atoms with E-state index in [1.54, 1.807) is 37.3 Å². The Kier molecular flexibility index (Phi) is 4.45. The summed E-state index contributed by atoms with van der Waals surface area (Å²) in [6.45, 7) is 3.64. The Balaban J connectivity index is 2.70. The maximum Gasteiger partial charge on any atom is 0.248 e. The number of hydrogen-bond donors (Lipinski definition) is 1. The van der Waals surface area contributed by atoms with E-state index in [1.807, 2.05) is 6.92 Å². The number of aryl methyl sites for hydroxylation is 1. The van der Waals surface area contributed by atoms with Crippen LogP contribution in [-0.2, 0) is 4.79 Å². The summed E-state index contributed by atoms with van der Waals surface area (Å²) in [6.07, 6.45) is 6.47. The van der Waals surface area contributed by atoms with Crippen LogP contribution in [-0.4, -0.2) is 5.91 Å². The second-order valence-electron chi connectivity index (χ2n) is 3.36. The van der Waals surface area contributed by atoms with Crippen LogP contribution in [0.25, 0.3) is 0 Å². The van der Waals surface area contributed by atoms with Gasteiger partial charge in [-0.05, 0) is 31.5 Å². The third kappa shape index (κ3) is 3.69. The number of halogens is 1. The van der Waals surface area contributed by atoms with E-state index in [1.165, 1.54) is 12.1 Å². The van der Waals surface area contributed by atoms with Gasteiger partial charge in [0.25, 0.3) is 0 Å². The van der Waals surface area contributed by atoms with Gasteiger partial charge in [-0.2, -0.15) is 0 Å². The molecule has 0 aliphatic carbocycles. The minimum absolute atomic E-state index is 0.195. The van der Waals surface area contributed by atoms with Crippen LogP contribution in [0.3, 0.4) is 0 Å². The van der Waals surface area contributed by atoms with E-state index in [9.17, 15) is 9.18 Å². The van der Waals surface area contributed by atoms with Crippen molar-refractivity contribution in [2.24, 2.45) is 0 Å². The predicted octanol–water partition coefficient (Wildman–Crippen LogP) is 3.20. The van der Waals surface area contributed by atoms with Crippen molar-refractivity contribution in [3.8, 4) is 0 Å². The average molecular weight is 219 g/mol. The Hall–Kier alpha value is -1.90. The average Bonchev–Trinajstić information content (AvgIpc) is 2.23. The summed E-state index contributed by atoms with van der Waals surface area (Å²) in [6, 6.07) is 4.67. The Labute approximate surface area is 94.5 Å². The molecule has 84 valence electrons. The lowest BCUT2D eigenvalue weighted by Crippen LogP contribution is -2.09. The highest BCUT2D eigenvalue weighted by atomic mass is 19.1. The molecule has 1 amide bonds. The molecule has 0 aliphatic rings. The van der Waals surface area contributed by atoms with Crippen LogP contribution in [0.15, 0.2) is 42.5 Å². The molecule has 0 unspecified atom stereocenters. The van der Waals surface area contributed by atoms with Crippen LogP contribution >= 0.6 is 0 Å². The number of amides is 1. The highest BCUT2D eigenvalue weighted by Gasteiger charge is 2.03.